The summed E-state index contributed by atoms with van der Waals surface area (Å²) in [5.41, 5.74) is 0.944. The molecule has 0 aliphatic carbocycles. The molecule has 0 aliphatic rings. The summed E-state index contributed by atoms with van der Waals surface area (Å²) in [6.45, 7) is 3.86. The van der Waals surface area contributed by atoms with Gasteiger partial charge in [0.2, 0.25) is 0 Å². The summed E-state index contributed by atoms with van der Waals surface area (Å²) in [6, 6.07) is 8.16. The van der Waals surface area contributed by atoms with E-state index in [4.69, 9.17) is 0 Å². The highest BCUT2D eigenvalue weighted by Crippen LogP contribution is 2.40. The summed E-state index contributed by atoms with van der Waals surface area (Å²) in [5.74, 6) is -1.62. The molecule has 2 nitrogen and oxygen atoms in total. The zero-order valence-corrected chi connectivity index (χ0v) is 12.7. The lowest BCUT2D eigenvalue weighted by atomic mass is 9.78. The predicted molar refractivity (Wildman–Crippen MR) is 82.2 cm³/mol. The number of hydrogen-bond acceptors (Lipinski definition) is 2. The molecule has 0 fully saturated rings. The van der Waals surface area contributed by atoms with Crippen LogP contribution in [0.3, 0.4) is 0 Å². The van der Waals surface area contributed by atoms with Gasteiger partial charge in [-0.25, -0.2) is 8.78 Å². The molecule has 22 heavy (non-hydrogen) atoms. The van der Waals surface area contributed by atoms with Gasteiger partial charge >= 0.3 is 0 Å². The number of aromatic hydroxyl groups is 2. The predicted octanol–water partition coefficient (Wildman–Crippen LogP) is 5.06. The van der Waals surface area contributed by atoms with Crippen molar-refractivity contribution in [1.29, 1.82) is 0 Å². The fraction of sp³-hybridized carbons (Fsp3) is 0.333. The van der Waals surface area contributed by atoms with E-state index in [0.29, 0.717) is 24.0 Å². The first-order chi connectivity index (χ1) is 10.5. The van der Waals surface area contributed by atoms with Crippen LogP contribution in [-0.4, -0.2) is 10.2 Å². The molecular formula is C18H20F2O2. The molecule has 2 N–H and O–H groups in total. The van der Waals surface area contributed by atoms with Gasteiger partial charge in [0.1, 0.15) is 23.1 Å². The Balaban J connectivity index is 2.46. The van der Waals surface area contributed by atoms with E-state index in [2.05, 4.69) is 0 Å². The maximum atomic E-state index is 14.2. The topological polar surface area (TPSA) is 40.5 Å². The lowest BCUT2D eigenvalue weighted by Gasteiger charge is -2.27. The van der Waals surface area contributed by atoms with Gasteiger partial charge in [0.25, 0.3) is 0 Å². The van der Waals surface area contributed by atoms with Crippen LogP contribution in [0.4, 0.5) is 8.78 Å². The number of halogens is 2. The fourth-order valence-electron chi connectivity index (χ4n) is 3.08. The summed E-state index contributed by atoms with van der Waals surface area (Å²) >= 11 is 0. The van der Waals surface area contributed by atoms with Crippen LogP contribution >= 0.6 is 0 Å². The Morgan fingerprint density at radius 2 is 1.14 bits per heavy atom. The second kappa shape index (κ2) is 6.77. The maximum absolute atomic E-state index is 14.2. The molecule has 4 heteroatoms. The van der Waals surface area contributed by atoms with E-state index in [1.807, 2.05) is 13.8 Å². The van der Waals surface area contributed by atoms with Crippen LogP contribution in [0.1, 0.15) is 49.7 Å². The third-order valence-corrected chi connectivity index (χ3v) is 4.13. The highest BCUT2D eigenvalue weighted by Gasteiger charge is 2.26. The van der Waals surface area contributed by atoms with Crippen LogP contribution < -0.4 is 0 Å². The second-order valence-corrected chi connectivity index (χ2v) is 5.44. The lowest BCUT2D eigenvalue weighted by Crippen LogP contribution is -2.13. The van der Waals surface area contributed by atoms with E-state index >= 15 is 0 Å². The van der Waals surface area contributed by atoms with Crippen LogP contribution in [0.5, 0.6) is 11.5 Å². The Hall–Kier alpha value is -2.10. The number of phenolic OH excluding ortho intramolecular Hbond substituents is 2. The molecule has 0 bridgehead atoms. The van der Waals surface area contributed by atoms with Crippen molar-refractivity contribution in [2.45, 2.75) is 38.5 Å². The van der Waals surface area contributed by atoms with Crippen molar-refractivity contribution in [2.24, 2.45) is 0 Å². The SMILES string of the molecule is CC[C@H](c1ccc(O)cc1F)[C@@H](CC)c1ccc(O)cc1F. The van der Waals surface area contributed by atoms with Crippen molar-refractivity contribution in [3.8, 4) is 11.5 Å². The highest BCUT2D eigenvalue weighted by atomic mass is 19.1. The molecule has 2 aromatic carbocycles. The normalized spacial score (nSPS) is 13.8. The van der Waals surface area contributed by atoms with Crippen LogP contribution in [-0.2, 0) is 0 Å². The minimum absolute atomic E-state index is 0.125. The molecule has 118 valence electrons. The summed E-state index contributed by atoms with van der Waals surface area (Å²) in [4.78, 5) is 0. The van der Waals surface area contributed by atoms with Gasteiger partial charge in [0.05, 0.1) is 0 Å². The van der Waals surface area contributed by atoms with Crippen LogP contribution in [0, 0.1) is 11.6 Å². The van der Waals surface area contributed by atoms with Gasteiger partial charge in [-0.2, -0.15) is 0 Å². The number of benzene rings is 2. The van der Waals surface area contributed by atoms with Gasteiger partial charge < -0.3 is 10.2 Å². The van der Waals surface area contributed by atoms with Gasteiger partial charge in [-0.3, -0.25) is 0 Å². The van der Waals surface area contributed by atoms with E-state index in [1.54, 1.807) is 12.1 Å². The van der Waals surface area contributed by atoms with Crippen molar-refractivity contribution in [1.82, 2.24) is 0 Å². The second-order valence-electron chi connectivity index (χ2n) is 5.44. The summed E-state index contributed by atoms with van der Waals surface area (Å²) in [6.07, 6.45) is 1.28. The average Bonchev–Trinajstić information content (AvgIpc) is 2.47. The van der Waals surface area contributed by atoms with Gasteiger partial charge in [-0.05, 0) is 47.9 Å². The Bertz CT molecular complexity index is 598. The smallest absolute Gasteiger partial charge is 0.130 e. The zero-order chi connectivity index (χ0) is 16.3. The van der Waals surface area contributed by atoms with Gasteiger partial charge in [0, 0.05) is 12.1 Å². The first-order valence-electron chi connectivity index (χ1n) is 7.44. The molecule has 2 rings (SSSR count). The number of phenols is 2. The minimum Gasteiger partial charge on any atom is -0.508 e. The van der Waals surface area contributed by atoms with E-state index in [9.17, 15) is 19.0 Å². The third-order valence-electron chi connectivity index (χ3n) is 4.13. The van der Waals surface area contributed by atoms with Gasteiger partial charge in [0.15, 0.2) is 0 Å². The van der Waals surface area contributed by atoms with Crippen molar-refractivity contribution < 1.29 is 19.0 Å². The largest absolute Gasteiger partial charge is 0.508 e. The van der Waals surface area contributed by atoms with E-state index in [-0.39, 0.29) is 23.3 Å². The van der Waals surface area contributed by atoms with Crippen LogP contribution in [0.25, 0.3) is 0 Å². The molecule has 0 heterocycles. The van der Waals surface area contributed by atoms with Gasteiger partial charge in [-0.15, -0.1) is 0 Å². The molecule has 0 aliphatic heterocycles. The first-order valence-corrected chi connectivity index (χ1v) is 7.44. The molecule has 2 aromatic rings. The Morgan fingerprint density at radius 3 is 1.41 bits per heavy atom. The van der Waals surface area contributed by atoms with Gasteiger partial charge in [-0.1, -0.05) is 26.0 Å². The minimum atomic E-state index is -0.482. The molecule has 0 aromatic heterocycles. The number of rotatable bonds is 5. The van der Waals surface area contributed by atoms with E-state index < -0.39 is 11.6 Å². The first kappa shape index (κ1) is 16.3. The van der Waals surface area contributed by atoms with E-state index in [1.165, 1.54) is 12.1 Å². The Morgan fingerprint density at radius 1 is 0.773 bits per heavy atom. The Kier molecular flexibility index (Phi) is 5.01. The molecule has 0 spiro atoms. The standard InChI is InChI=1S/C18H20F2O2/c1-3-13(15-7-5-11(21)9-17(15)19)14(4-2)16-8-6-12(22)10-18(16)20/h5-10,13-14,21-22H,3-4H2,1-2H3/t13-,14+. The average molecular weight is 306 g/mol. The third kappa shape index (κ3) is 3.21. The quantitative estimate of drug-likeness (QED) is 0.810. The zero-order valence-electron chi connectivity index (χ0n) is 12.7. The van der Waals surface area contributed by atoms with Crippen molar-refractivity contribution in [3.05, 3.63) is 59.2 Å². The number of hydrogen-bond donors (Lipinski definition) is 2. The highest BCUT2D eigenvalue weighted by molar-refractivity contribution is 5.36. The molecule has 2 atom stereocenters. The van der Waals surface area contributed by atoms with Crippen molar-refractivity contribution in [3.63, 3.8) is 0 Å². The molecular weight excluding hydrogens is 286 g/mol. The van der Waals surface area contributed by atoms with Crippen LogP contribution in [0.15, 0.2) is 36.4 Å². The summed E-state index contributed by atoms with van der Waals surface area (Å²) in [5, 5.41) is 18.7. The van der Waals surface area contributed by atoms with Crippen molar-refractivity contribution in [2.75, 3.05) is 0 Å². The maximum Gasteiger partial charge on any atom is 0.130 e. The summed E-state index contributed by atoms with van der Waals surface area (Å²) < 4.78 is 28.3. The Labute approximate surface area is 129 Å². The fourth-order valence-corrected chi connectivity index (χ4v) is 3.08. The van der Waals surface area contributed by atoms with Crippen molar-refractivity contribution >= 4 is 0 Å². The summed E-state index contributed by atoms with van der Waals surface area (Å²) in [7, 11) is 0. The lowest BCUT2D eigenvalue weighted by molar-refractivity contribution is 0.443. The molecule has 0 amide bonds. The molecule has 0 unspecified atom stereocenters. The molecule has 0 saturated heterocycles. The van der Waals surface area contributed by atoms with E-state index in [0.717, 1.165) is 12.1 Å². The van der Waals surface area contributed by atoms with Crippen LogP contribution in [0.2, 0.25) is 0 Å². The molecule has 0 radical (unpaired) electrons. The molecule has 0 saturated carbocycles. The monoisotopic (exact) mass is 306 g/mol.